The quantitative estimate of drug-likeness (QED) is 0.0146. The SMILES string of the molecule is CC1(C)OB(B2OC(C)(C)C(C)(C)O2)OC1(C)C.CC[C@H]1C[C@@H](N)C[C@@H]1C.CC[C@H]1C[C@@H](Nc2ncncc2C(=O)c2cc(B3OC(C)(C)C(C)(C)O3)cs2)C[C@@H]1C.CC[C@H]1C[C@@H](Nc2ncncc2C(=O)c2cc(Br)cs2)C[C@@H]1C.Clc1ncncc1I.O=C(c1cc(Br)cs1)c1cncnc1Cl.O=Cc1cc(Br)cs1.OC(c1cc(Br)cs1)c1cncnc1Cl.[CH2-]CCC.[Li+].[O]=[Mn]=[O]. The van der Waals surface area contributed by atoms with Gasteiger partial charge >= 0.3 is 62.5 Å². The third kappa shape index (κ3) is 35.4. The van der Waals surface area contributed by atoms with Crippen LogP contribution < -0.4 is 40.7 Å². The van der Waals surface area contributed by atoms with Crippen LogP contribution in [0.4, 0.5) is 11.6 Å². The molecule has 44 heteroatoms. The molecule has 1 unspecified atom stereocenters. The molecule has 13 heterocycles. The molecule has 10 atom stereocenters. The number of rotatable bonds is 19. The molecular formula is C91H117B3Br4Cl3ILiMnN13O13S5. The van der Waals surface area contributed by atoms with Crippen molar-refractivity contribution >= 4 is 240 Å². The Morgan fingerprint density at radius 3 is 1.21 bits per heavy atom. The molecule has 10 aromatic rings. The Morgan fingerprint density at radius 1 is 0.519 bits per heavy atom. The molecule has 26 nitrogen and oxygen atoms in total. The Morgan fingerprint density at radius 2 is 0.874 bits per heavy atom. The van der Waals surface area contributed by atoms with Crippen LogP contribution in [0.5, 0.6) is 0 Å². The van der Waals surface area contributed by atoms with Crippen LogP contribution in [-0.4, -0.2) is 151 Å². The first-order valence-electron chi connectivity index (χ1n) is 43.6. The van der Waals surface area contributed by atoms with E-state index in [9.17, 15) is 24.3 Å². The summed E-state index contributed by atoms with van der Waals surface area (Å²) in [6.45, 7) is 43.7. The number of halogens is 8. The van der Waals surface area contributed by atoms with Crippen molar-refractivity contribution in [1.82, 2.24) is 49.8 Å². The molecule has 16 rings (SSSR count). The zero-order valence-electron chi connectivity index (χ0n) is 79.5. The van der Waals surface area contributed by atoms with E-state index >= 15 is 0 Å². The van der Waals surface area contributed by atoms with Crippen LogP contribution in [0.25, 0.3) is 0 Å². The van der Waals surface area contributed by atoms with Crippen molar-refractivity contribution in [1.29, 1.82) is 0 Å². The van der Waals surface area contributed by atoms with Gasteiger partial charge in [-0.05, 0) is 285 Å². The van der Waals surface area contributed by atoms with E-state index in [1.807, 2.05) is 128 Å². The first-order valence-corrected chi connectivity index (χ1v) is 54.4. The zero-order valence-corrected chi connectivity index (χ0v) is 95.5. The Bertz CT molecular complexity index is 5370. The molecule has 0 amide bonds. The summed E-state index contributed by atoms with van der Waals surface area (Å²) in [5.41, 5.74) is 6.30. The van der Waals surface area contributed by atoms with Gasteiger partial charge in [-0.1, -0.05) is 109 Å². The maximum atomic E-state index is 13.3. The molecular weight excluding hydrogens is 2290 g/mol. The number of thiophene rings is 5. The topological polar surface area (TPSA) is 357 Å². The first kappa shape index (κ1) is 120. The zero-order chi connectivity index (χ0) is 99.4. The third-order valence-electron chi connectivity index (χ3n) is 24.5. The fourth-order valence-electron chi connectivity index (χ4n) is 14.7. The average molecular weight is 2410 g/mol. The van der Waals surface area contributed by atoms with E-state index in [0.717, 1.165) is 98.7 Å². The standard InChI is InChI=1S/C23H32BN3O3S.C17H20BrN3OS.C12H24B2O4.C9H6BrClN2OS.C9H4BrClN2OS.C8H17N.C5H3BrOS.C4H2ClIN2.C4H9.Li.Mn.2O/c1-7-15-9-17(8-14(15)2)27-21-18(11-25-13-26-21)20(28)19-10-16(12-31-19)24-29-22(3,4)23(5,6)30-24;1-3-11-5-13(4-10(11)2)21-17-14(7-19-9-20-17)16(22)15-6-12(18)8-23-15;1-9(2)10(3,4)16-13(15-9)14-17-11(5,6)12(7,8)18-14;2*10-5-1-7(15-3-5)8(14)6-2-12-4-13-9(6)11;1-3-7-5-8(9)4-6(7)2;6-4-1-5(2-7)8-3-4;5-4-3(6)1-7-2-8-4;1-3-4-2;;;;/h10-15,17H,7-9H2,1-6H3,(H,25,26,27);6-11,13H,3-5H2,1-2H3,(H,19,20,21);1-8H3;1-4,8,14H;1-4H;6-8H,3-5,9H2,1-2H3;1-3H;1-2H;1,3-4H2,2H3;;;;/q;;;;;;;;-1;+1;;;/t14-,15-,17-;10-,11-,13-;;;;6-,7-,8-;;;;;;;/m00...0......./s1. The molecule has 727 valence electrons. The summed E-state index contributed by atoms with van der Waals surface area (Å²) in [6.07, 6.45) is 28.0. The summed E-state index contributed by atoms with van der Waals surface area (Å²) in [4.78, 5) is 91.0. The molecule has 3 saturated heterocycles. The number of aldehydes is 1. The number of unbranched alkanes of at least 4 members (excludes halogenated alkanes) is 1. The molecule has 135 heavy (non-hydrogen) atoms. The first-order chi connectivity index (χ1) is 63.1. The van der Waals surface area contributed by atoms with E-state index in [2.05, 4.69) is 202 Å². The van der Waals surface area contributed by atoms with Crippen molar-refractivity contribution in [3.05, 3.63) is 210 Å². The number of anilines is 2. The number of aromatic nitrogens is 10. The number of carbonyl (C=O) groups excluding carboxylic acids is 4. The van der Waals surface area contributed by atoms with Crippen LogP contribution in [0.2, 0.25) is 15.5 Å². The van der Waals surface area contributed by atoms with Crippen molar-refractivity contribution in [3.63, 3.8) is 0 Å². The summed E-state index contributed by atoms with van der Waals surface area (Å²) in [5.74, 6) is 5.69. The van der Waals surface area contributed by atoms with Gasteiger partial charge in [-0.3, -0.25) is 19.2 Å². The van der Waals surface area contributed by atoms with Gasteiger partial charge in [0, 0.05) is 99.0 Å². The van der Waals surface area contributed by atoms with E-state index in [1.165, 1.54) is 139 Å². The number of carbonyl (C=O) groups is 4. The average Bonchev–Trinajstić information content (AvgIpc) is 1.61. The fourth-order valence-corrected chi connectivity index (χ4v) is 21.8. The second-order valence-electron chi connectivity index (χ2n) is 35.6. The molecule has 10 aromatic heterocycles. The van der Waals surface area contributed by atoms with E-state index in [1.54, 1.807) is 30.7 Å². The van der Waals surface area contributed by atoms with Crippen LogP contribution in [0.3, 0.4) is 0 Å². The maximum absolute atomic E-state index is 13.3. The van der Waals surface area contributed by atoms with Gasteiger partial charge < -0.3 is 56.3 Å². The van der Waals surface area contributed by atoms with Gasteiger partial charge in [0.15, 0.2) is 6.29 Å². The summed E-state index contributed by atoms with van der Waals surface area (Å²) < 4.78 is 57.5. The number of hydrogen-bond acceptors (Lipinski definition) is 31. The van der Waals surface area contributed by atoms with Crippen molar-refractivity contribution in [3.8, 4) is 0 Å². The summed E-state index contributed by atoms with van der Waals surface area (Å²) in [7, 11) is -1.43. The second-order valence-corrected chi connectivity index (χ2v) is 46.3. The van der Waals surface area contributed by atoms with Crippen LogP contribution in [0.15, 0.2) is 138 Å². The van der Waals surface area contributed by atoms with Crippen LogP contribution in [-0.2, 0) is 50.4 Å². The van der Waals surface area contributed by atoms with E-state index in [0.29, 0.717) is 83.6 Å². The number of hydrogen-bond donors (Lipinski definition) is 4. The second kappa shape index (κ2) is 56.5. The summed E-state index contributed by atoms with van der Waals surface area (Å²) >= 11 is 38.1. The fraction of sp³-hybridized carbons (Fsp3) is 0.505. The van der Waals surface area contributed by atoms with Gasteiger partial charge in [0.05, 0.1) is 73.4 Å². The number of ketones is 3. The van der Waals surface area contributed by atoms with E-state index < -0.39 is 53.3 Å². The monoisotopic (exact) mass is 2400 g/mol. The number of aliphatic hydroxyl groups is 1. The summed E-state index contributed by atoms with van der Waals surface area (Å²) in [5, 5.41) is 27.5. The molecule has 3 aliphatic carbocycles. The van der Waals surface area contributed by atoms with Crippen LogP contribution in [0, 0.1) is 46.0 Å². The van der Waals surface area contributed by atoms with Crippen molar-refractivity contribution in [2.75, 3.05) is 10.6 Å². The van der Waals surface area contributed by atoms with Crippen molar-refractivity contribution in [2.45, 2.75) is 260 Å². The third-order valence-corrected chi connectivity index (χ3v) is 34.2. The molecule has 3 saturated carbocycles. The minimum absolute atomic E-state index is 0. The van der Waals surface area contributed by atoms with Gasteiger partial charge in [-0.2, -0.15) is 6.42 Å². The predicted octanol–water partition coefficient (Wildman–Crippen LogP) is 21.8. The minimum atomic E-state index is -1.44. The van der Waals surface area contributed by atoms with Crippen molar-refractivity contribution < 1.29 is 93.6 Å². The molecule has 6 aliphatic rings. The number of nitrogens with zero attached hydrogens (tertiary/aromatic N) is 10. The Kier molecular flexibility index (Phi) is 50.2. The van der Waals surface area contributed by atoms with Crippen LogP contribution >= 0.6 is 178 Å². The molecule has 0 spiro atoms. The van der Waals surface area contributed by atoms with E-state index in [-0.39, 0.29) is 68.9 Å². The predicted molar refractivity (Wildman–Crippen MR) is 559 cm³/mol. The van der Waals surface area contributed by atoms with Gasteiger partial charge in [-0.25, -0.2) is 49.8 Å². The number of aliphatic hydroxyl groups excluding tert-OH is 1. The van der Waals surface area contributed by atoms with E-state index in [4.69, 9.17) is 76.1 Å². The Labute approximate surface area is 895 Å². The molecule has 0 aromatic carbocycles. The molecule has 3 aliphatic heterocycles. The van der Waals surface area contributed by atoms with Gasteiger partial charge in [0.2, 0.25) is 17.3 Å². The van der Waals surface area contributed by atoms with Crippen LogP contribution in [0.1, 0.15) is 274 Å². The van der Waals surface area contributed by atoms with Gasteiger partial charge in [0.25, 0.3) is 0 Å². The van der Waals surface area contributed by atoms with Gasteiger partial charge in [0.1, 0.15) is 64.8 Å². The Hall–Kier alpha value is -3.71. The summed E-state index contributed by atoms with van der Waals surface area (Å²) in [6, 6.07) is 10.3. The molecule has 6 fully saturated rings. The molecule has 0 radical (unpaired) electrons. The molecule has 5 N–H and O–H groups in total. The normalized spacial score (nSPS) is 21.4. The number of nitrogens with two attached hydrogens (primary N) is 1. The Balaban J connectivity index is 0.000000243. The number of nitrogens with one attached hydrogen (secondary N) is 2. The van der Waals surface area contributed by atoms with Gasteiger partial charge in [-0.15, -0.1) is 56.7 Å². The molecule has 0 bridgehead atoms. The van der Waals surface area contributed by atoms with Crippen molar-refractivity contribution in [2.24, 2.45) is 41.2 Å².